The molecule has 0 aromatic carbocycles. The van der Waals surface area contributed by atoms with E-state index in [1.54, 1.807) is 7.11 Å². The van der Waals surface area contributed by atoms with Gasteiger partial charge in [-0.1, -0.05) is 6.92 Å². The summed E-state index contributed by atoms with van der Waals surface area (Å²) in [6.07, 6.45) is 0.826. The first-order chi connectivity index (χ1) is 3.81. The van der Waals surface area contributed by atoms with Gasteiger partial charge >= 0.3 is 0 Å². The van der Waals surface area contributed by atoms with Crippen molar-refractivity contribution in [2.75, 3.05) is 20.4 Å². The van der Waals surface area contributed by atoms with Crippen LogP contribution in [-0.2, 0) is 4.74 Å². The Morgan fingerprint density at radius 1 is 1.62 bits per heavy atom. The summed E-state index contributed by atoms with van der Waals surface area (Å²) in [5.74, 6) is 0.162. The highest BCUT2D eigenvalue weighted by atomic mass is 19.1. The Morgan fingerprint density at radius 3 is 2.62 bits per heavy atom. The topological polar surface area (TPSA) is 9.23 Å². The molecule has 0 aliphatic heterocycles. The fourth-order valence-corrected chi connectivity index (χ4v) is 0.396. The fraction of sp³-hybridized carbons (Fsp3) is 1.00. The van der Waals surface area contributed by atoms with Crippen LogP contribution >= 0.6 is 0 Å². The van der Waals surface area contributed by atoms with Crippen LogP contribution in [0.25, 0.3) is 0 Å². The molecule has 0 bridgehead atoms. The molecular formula is C6H13FO. The monoisotopic (exact) mass is 120 g/mol. The number of ether oxygens (including phenoxy) is 1. The van der Waals surface area contributed by atoms with Gasteiger partial charge in [-0.05, 0) is 12.3 Å². The lowest BCUT2D eigenvalue weighted by atomic mass is 10.1. The van der Waals surface area contributed by atoms with Crippen LogP contribution in [0.15, 0.2) is 0 Å². The standard InChI is InChI=1S/C6H13FO/c1-6(5-7)3-4-8-2/h6H,3-5H2,1-2H3/t6-/m1/s1. The molecule has 0 saturated carbocycles. The van der Waals surface area contributed by atoms with Gasteiger partial charge in [0.25, 0.3) is 0 Å². The van der Waals surface area contributed by atoms with Crippen molar-refractivity contribution in [1.82, 2.24) is 0 Å². The van der Waals surface area contributed by atoms with Gasteiger partial charge in [0.15, 0.2) is 0 Å². The van der Waals surface area contributed by atoms with Crippen LogP contribution in [0.3, 0.4) is 0 Å². The SMILES string of the molecule is COCC[C@@H](C)CF. The lowest BCUT2D eigenvalue weighted by Crippen LogP contribution is -2.00. The zero-order valence-corrected chi connectivity index (χ0v) is 5.48. The summed E-state index contributed by atoms with van der Waals surface area (Å²) in [5, 5.41) is 0. The Kier molecular flexibility index (Phi) is 4.97. The molecule has 1 atom stereocenters. The molecule has 1 nitrogen and oxygen atoms in total. The van der Waals surface area contributed by atoms with Crippen molar-refractivity contribution in [3.63, 3.8) is 0 Å². The first-order valence-electron chi connectivity index (χ1n) is 2.86. The number of hydrogen-bond acceptors (Lipinski definition) is 1. The van der Waals surface area contributed by atoms with Gasteiger partial charge < -0.3 is 4.74 Å². The number of methoxy groups -OCH3 is 1. The van der Waals surface area contributed by atoms with Crippen molar-refractivity contribution in [1.29, 1.82) is 0 Å². The summed E-state index contributed by atoms with van der Waals surface area (Å²) in [5.41, 5.74) is 0. The van der Waals surface area contributed by atoms with Crippen molar-refractivity contribution >= 4 is 0 Å². The molecule has 0 amide bonds. The van der Waals surface area contributed by atoms with Gasteiger partial charge in [-0.15, -0.1) is 0 Å². The first-order valence-corrected chi connectivity index (χ1v) is 2.86. The largest absolute Gasteiger partial charge is 0.385 e. The minimum atomic E-state index is -0.233. The predicted octanol–water partition coefficient (Wildman–Crippen LogP) is 1.63. The Bertz CT molecular complexity index is 47.8. The van der Waals surface area contributed by atoms with Crippen molar-refractivity contribution in [3.8, 4) is 0 Å². The van der Waals surface area contributed by atoms with Crippen LogP contribution in [0.5, 0.6) is 0 Å². The van der Waals surface area contributed by atoms with E-state index < -0.39 is 0 Å². The van der Waals surface area contributed by atoms with Crippen LogP contribution in [0, 0.1) is 5.92 Å². The van der Waals surface area contributed by atoms with E-state index in [4.69, 9.17) is 4.74 Å². The van der Waals surface area contributed by atoms with Gasteiger partial charge in [0, 0.05) is 13.7 Å². The van der Waals surface area contributed by atoms with E-state index >= 15 is 0 Å². The van der Waals surface area contributed by atoms with Crippen LogP contribution in [0.2, 0.25) is 0 Å². The van der Waals surface area contributed by atoms with E-state index in [1.165, 1.54) is 0 Å². The maximum Gasteiger partial charge on any atom is 0.0920 e. The molecular weight excluding hydrogens is 107 g/mol. The Morgan fingerprint density at radius 2 is 2.25 bits per heavy atom. The average Bonchev–Trinajstić information content (AvgIpc) is 1.83. The maximum atomic E-state index is 11.7. The van der Waals surface area contributed by atoms with E-state index in [0.29, 0.717) is 6.61 Å². The molecule has 50 valence electrons. The lowest BCUT2D eigenvalue weighted by molar-refractivity contribution is 0.173. The van der Waals surface area contributed by atoms with Crippen molar-refractivity contribution in [2.24, 2.45) is 5.92 Å². The van der Waals surface area contributed by atoms with Gasteiger partial charge in [-0.25, -0.2) is 0 Å². The molecule has 0 heterocycles. The number of rotatable bonds is 4. The van der Waals surface area contributed by atoms with E-state index in [0.717, 1.165) is 6.42 Å². The van der Waals surface area contributed by atoms with Gasteiger partial charge in [0.2, 0.25) is 0 Å². The van der Waals surface area contributed by atoms with E-state index in [2.05, 4.69) is 0 Å². The van der Waals surface area contributed by atoms with Crippen molar-refractivity contribution in [3.05, 3.63) is 0 Å². The highest BCUT2D eigenvalue weighted by Crippen LogP contribution is 2.00. The molecule has 0 radical (unpaired) electrons. The van der Waals surface area contributed by atoms with Gasteiger partial charge in [-0.3, -0.25) is 4.39 Å². The fourth-order valence-electron chi connectivity index (χ4n) is 0.396. The molecule has 0 aromatic heterocycles. The number of alkyl halides is 1. The molecule has 0 unspecified atom stereocenters. The van der Waals surface area contributed by atoms with E-state index in [1.807, 2.05) is 6.92 Å². The molecule has 0 aliphatic rings. The average molecular weight is 120 g/mol. The Balaban J connectivity index is 2.86. The molecule has 0 spiro atoms. The zero-order valence-electron chi connectivity index (χ0n) is 5.48. The smallest absolute Gasteiger partial charge is 0.0920 e. The van der Waals surface area contributed by atoms with Gasteiger partial charge in [0.05, 0.1) is 6.67 Å². The third-order valence-electron chi connectivity index (χ3n) is 1.08. The molecule has 0 N–H and O–H groups in total. The van der Waals surface area contributed by atoms with Crippen molar-refractivity contribution < 1.29 is 9.13 Å². The van der Waals surface area contributed by atoms with E-state index in [-0.39, 0.29) is 12.6 Å². The minimum Gasteiger partial charge on any atom is -0.385 e. The molecule has 0 aliphatic carbocycles. The van der Waals surface area contributed by atoms with Crippen LogP contribution in [0.1, 0.15) is 13.3 Å². The number of hydrogen-bond donors (Lipinski definition) is 0. The normalized spacial score (nSPS) is 13.9. The second-order valence-electron chi connectivity index (χ2n) is 2.04. The second kappa shape index (κ2) is 5.04. The van der Waals surface area contributed by atoms with Crippen molar-refractivity contribution in [2.45, 2.75) is 13.3 Å². The van der Waals surface area contributed by atoms with Crippen LogP contribution in [-0.4, -0.2) is 20.4 Å². The third-order valence-corrected chi connectivity index (χ3v) is 1.08. The van der Waals surface area contributed by atoms with Crippen LogP contribution < -0.4 is 0 Å². The predicted molar refractivity (Wildman–Crippen MR) is 31.6 cm³/mol. The summed E-state index contributed by atoms with van der Waals surface area (Å²) in [6.45, 7) is 2.31. The highest BCUT2D eigenvalue weighted by molar-refractivity contribution is 4.47. The van der Waals surface area contributed by atoms with E-state index in [9.17, 15) is 4.39 Å². The lowest BCUT2D eigenvalue weighted by Gasteiger charge is -2.02. The molecule has 0 aromatic rings. The summed E-state index contributed by atoms with van der Waals surface area (Å²) in [4.78, 5) is 0. The molecule has 0 fully saturated rings. The van der Waals surface area contributed by atoms with Gasteiger partial charge in [0.1, 0.15) is 0 Å². The highest BCUT2D eigenvalue weighted by Gasteiger charge is 1.97. The summed E-state index contributed by atoms with van der Waals surface area (Å²) in [7, 11) is 1.63. The Labute approximate surface area is 49.8 Å². The van der Waals surface area contributed by atoms with Gasteiger partial charge in [-0.2, -0.15) is 0 Å². The maximum absolute atomic E-state index is 11.7. The second-order valence-corrected chi connectivity index (χ2v) is 2.04. The summed E-state index contributed by atoms with van der Waals surface area (Å²) >= 11 is 0. The zero-order chi connectivity index (χ0) is 6.41. The first kappa shape index (κ1) is 7.89. The molecule has 0 rings (SSSR count). The minimum absolute atomic E-state index is 0.162. The van der Waals surface area contributed by atoms with Crippen LogP contribution in [0.4, 0.5) is 4.39 Å². The molecule has 2 heteroatoms. The Hall–Kier alpha value is -0.110. The molecule has 8 heavy (non-hydrogen) atoms. The summed E-state index contributed by atoms with van der Waals surface area (Å²) < 4.78 is 16.4. The summed E-state index contributed by atoms with van der Waals surface area (Å²) in [6, 6.07) is 0. The third kappa shape index (κ3) is 4.06. The molecule has 0 saturated heterocycles. The number of halogens is 1. The quantitative estimate of drug-likeness (QED) is 0.548.